The minimum Gasteiger partial charge on any atom is -0.356 e. The number of hydrogen-bond donors (Lipinski definition) is 3. The van der Waals surface area contributed by atoms with Crippen LogP contribution >= 0.6 is 0 Å². The maximum atomic E-state index is 12.6. The van der Waals surface area contributed by atoms with E-state index < -0.39 is 0 Å². The zero-order valence-electron chi connectivity index (χ0n) is 23.5. The van der Waals surface area contributed by atoms with Gasteiger partial charge in [0.15, 0.2) is 0 Å². The van der Waals surface area contributed by atoms with Crippen LogP contribution in [0.3, 0.4) is 0 Å². The van der Waals surface area contributed by atoms with E-state index in [1.54, 1.807) is 0 Å². The van der Waals surface area contributed by atoms with Gasteiger partial charge < -0.3 is 10.2 Å². The van der Waals surface area contributed by atoms with Crippen LogP contribution in [0.25, 0.3) is 0 Å². The van der Waals surface area contributed by atoms with E-state index in [4.69, 9.17) is 0 Å². The molecule has 4 unspecified atom stereocenters. The number of hydrazine groups is 1. The second-order valence-corrected chi connectivity index (χ2v) is 11.5. The van der Waals surface area contributed by atoms with Crippen molar-refractivity contribution in [2.24, 2.45) is 5.92 Å². The summed E-state index contributed by atoms with van der Waals surface area (Å²) in [4.78, 5) is 14.8. The molecule has 1 aliphatic carbocycles. The second kappa shape index (κ2) is 12.5. The molecule has 9 nitrogen and oxygen atoms in total. The van der Waals surface area contributed by atoms with E-state index in [2.05, 4.69) is 102 Å². The van der Waals surface area contributed by atoms with Crippen molar-refractivity contribution in [3.63, 3.8) is 0 Å². The van der Waals surface area contributed by atoms with Crippen LogP contribution in [0.4, 0.5) is 5.95 Å². The van der Waals surface area contributed by atoms with E-state index in [9.17, 15) is 4.79 Å². The van der Waals surface area contributed by atoms with Gasteiger partial charge in [-0.2, -0.15) is 0 Å². The van der Waals surface area contributed by atoms with Gasteiger partial charge in [-0.05, 0) is 50.4 Å². The SMILES string of the molecule is CN(CCCNC(=O)CCCc1nnc2n1C1CCCCC1C1NC(c3ccccc3)NN21)Cc1ccccc1. The molecule has 0 bridgehead atoms. The first kappa shape index (κ1) is 26.9. The molecule has 2 fully saturated rings. The van der Waals surface area contributed by atoms with Crippen LogP contribution < -0.4 is 21.1 Å². The van der Waals surface area contributed by atoms with Crippen molar-refractivity contribution in [1.29, 1.82) is 0 Å². The van der Waals surface area contributed by atoms with Gasteiger partial charge in [-0.25, -0.2) is 5.43 Å². The second-order valence-electron chi connectivity index (χ2n) is 11.5. The Balaban J connectivity index is 1.01. The van der Waals surface area contributed by atoms with E-state index >= 15 is 0 Å². The van der Waals surface area contributed by atoms with Gasteiger partial charge in [-0.15, -0.1) is 10.2 Å². The van der Waals surface area contributed by atoms with Gasteiger partial charge in [-0.1, -0.05) is 73.5 Å². The lowest BCUT2D eigenvalue weighted by Gasteiger charge is -2.44. The lowest BCUT2D eigenvalue weighted by molar-refractivity contribution is -0.121. The highest BCUT2D eigenvalue weighted by Gasteiger charge is 2.48. The molecule has 212 valence electrons. The molecule has 1 saturated heterocycles. The Morgan fingerprint density at radius 3 is 2.62 bits per heavy atom. The molecule has 1 saturated carbocycles. The van der Waals surface area contributed by atoms with Gasteiger partial charge in [0.2, 0.25) is 11.9 Å². The number of rotatable bonds is 11. The van der Waals surface area contributed by atoms with Gasteiger partial charge in [-0.3, -0.25) is 19.7 Å². The standard InChI is InChI=1S/C31H42N8O/c1-37(22-23-12-4-2-5-13-23)21-11-20-32-28(40)19-10-18-27-34-35-31-38(27)26-17-9-8-16-25(26)30-33-29(36-39(30)31)24-14-6-3-7-15-24/h2-7,12-15,25-26,29-30,33,36H,8-11,16-22H2,1H3,(H,32,40). The van der Waals surface area contributed by atoms with Crippen LogP contribution in [0.2, 0.25) is 0 Å². The van der Waals surface area contributed by atoms with Crippen LogP contribution in [0.1, 0.15) is 74.1 Å². The van der Waals surface area contributed by atoms with Crippen molar-refractivity contribution in [1.82, 2.24) is 35.7 Å². The summed E-state index contributed by atoms with van der Waals surface area (Å²) < 4.78 is 2.38. The molecule has 1 aromatic heterocycles. The van der Waals surface area contributed by atoms with E-state index in [0.29, 0.717) is 24.9 Å². The highest BCUT2D eigenvalue weighted by atomic mass is 16.1. The normalized spacial score (nSPS) is 23.5. The maximum Gasteiger partial charge on any atom is 0.243 e. The summed E-state index contributed by atoms with van der Waals surface area (Å²) in [5, 5.41) is 18.4. The number of aryl methyl sites for hydroxylation is 1. The van der Waals surface area contributed by atoms with Crippen LogP contribution in [-0.2, 0) is 17.8 Å². The number of fused-ring (bicyclic) bond motifs is 6. The number of nitrogens with zero attached hydrogens (tertiary/aromatic N) is 5. The predicted octanol–water partition coefficient (Wildman–Crippen LogP) is 3.92. The van der Waals surface area contributed by atoms with Crippen LogP contribution in [-0.4, -0.2) is 51.9 Å². The van der Waals surface area contributed by atoms with Crippen LogP contribution in [0.5, 0.6) is 0 Å². The van der Waals surface area contributed by atoms with Crippen LogP contribution in [0, 0.1) is 5.92 Å². The van der Waals surface area contributed by atoms with Crippen molar-refractivity contribution in [3.05, 3.63) is 77.6 Å². The number of aromatic nitrogens is 3. The smallest absolute Gasteiger partial charge is 0.243 e. The number of benzene rings is 2. The number of amides is 1. The number of carbonyl (C=O) groups excluding carboxylic acids is 1. The topological polar surface area (TPSA) is 90.3 Å². The minimum absolute atomic E-state index is 0.0577. The molecule has 3 aliphatic rings. The fourth-order valence-electron chi connectivity index (χ4n) is 6.68. The van der Waals surface area contributed by atoms with Crippen molar-refractivity contribution < 1.29 is 4.79 Å². The quantitative estimate of drug-likeness (QED) is 0.317. The third-order valence-electron chi connectivity index (χ3n) is 8.64. The highest BCUT2D eigenvalue weighted by Crippen LogP contribution is 2.45. The Morgan fingerprint density at radius 2 is 1.80 bits per heavy atom. The van der Waals surface area contributed by atoms with Gasteiger partial charge in [0.25, 0.3) is 0 Å². The van der Waals surface area contributed by atoms with Crippen molar-refractivity contribution in [2.45, 2.75) is 76.3 Å². The zero-order valence-corrected chi connectivity index (χ0v) is 23.5. The molecule has 4 atom stereocenters. The summed E-state index contributed by atoms with van der Waals surface area (Å²) >= 11 is 0. The molecule has 1 amide bonds. The number of nitrogens with one attached hydrogen (secondary N) is 3. The number of anilines is 1. The first-order chi connectivity index (χ1) is 19.7. The summed E-state index contributed by atoms with van der Waals surface area (Å²) in [6.07, 6.45) is 8.11. The molecule has 0 radical (unpaired) electrons. The first-order valence-corrected chi connectivity index (χ1v) is 15.0. The van der Waals surface area contributed by atoms with E-state index in [-0.39, 0.29) is 18.2 Å². The summed E-state index contributed by atoms with van der Waals surface area (Å²) in [6.45, 7) is 2.59. The van der Waals surface area contributed by atoms with Crippen LogP contribution in [0.15, 0.2) is 60.7 Å². The summed E-state index contributed by atoms with van der Waals surface area (Å²) in [5.41, 5.74) is 6.21. The van der Waals surface area contributed by atoms with Gasteiger partial charge in [0, 0.05) is 37.9 Å². The van der Waals surface area contributed by atoms with E-state index in [1.807, 2.05) is 6.07 Å². The van der Waals surface area contributed by atoms with Crippen molar-refractivity contribution in [3.8, 4) is 0 Å². The highest BCUT2D eigenvalue weighted by molar-refractivity contribution is 5.75. The lowest BCUT2D eigenvalue weighted by atomic mass is 9.81. The largest absolute Gasteiger partial charge is 0.356 e. The molecule has 6 rings (SSSR count). The number of carbonyl (C=O) groups is 1. The van der Waals surface area contributed by atoms with E-state index in [1.165, 1.54) is 30.4 Å². The molecule has 3 aromatic rings. The fourth-order valence-corrected chi connectivity index (χ4v) is 6.68. The Hall–Kier alpha value is -3.27. The summed E-state index contributed by atoms with van der Waals surface area (Å²) in [7, 11) is 2.13. The molecule has 9 heteroatoms. The number of hydrogen-bond acceptors (Lipinski definition) is 7. The van der Waals surface area contributed by atoms with Gasteiger partial charge >= 0.3 is 0 Å². The van der Waals surface area contributed by atoms with Gasteiger partial charge in [0.05, 0.1) is 0 Å². The minimum atomic E-state index is 0.0577. The predicted molar refractivity (Wildman–Crippen MR) is 156 cm³/mol. The third kappa shape index (κ3) is 5.92. The average molecular weight is 543 g/mol. The van der Waals surface area contributed by atoms with E-state index in [0.717, 1.165) is 50.5 Å². The summed E-state index contributed by atoms with van der Waals surface area (Å²) in [5.74, 6) is 2.53. The van der Waals surface area contributed by atoms with Gasteiger partial charge in [0.1, 0.15) is 18.2 Å². The molecular weight excluding hydrogens is 500 g/mol. The molecule has 2 aromatic carbocycles. The molecular formula is C31H42N8O. The monoisotopic (exact) mass is 542 g/mol. The summed E-state index contributed by atoms with van der Waals surface area (Å²) in [6, 6.07) is 21.4. The third-order valence-corrected chi connectivity index (χ3v) is 8.64. The zero-order chi connectivity index (χ0) is 27.3. The fraction of sp³-hybridized carbons (Fsp3) is 0.516. The Labute approximate surface area is 237 Å². The average Bonchev–Trinajstić information content (AvgIpc) is 3.62. The molecule has 3 heterocycles. The molecule has 3 N–H and O–H groups in total. The maximum absolute atomic E-state index is 12.6. The molecule has 0 spiro atoms. The van der Waals surface area contributed by atoms with Crippen molar-refractivity contribution >= 4 is 11.9 Å². The Kier molecular flexibility index (Phi) is 8.41. The Morgan fingerprint density at radius 1 is 1.02 bits per heavy atom. The first-order valence-electron chi connectivity index (χ1n) is 15.0. The molecule has 2 aliphatic heterocycles. The Bertz CT molecular complexity index is 1250. The van der Waals surface area contributed by atoms with Crippen molar-refractivity contribution in [2.75, 3.05) is 25.1 Å². The molecule has 40 heavy (non-hydrogen) atoms. The lowest BCUT2D eigenvalue weighted by Crippen LogP contribution is -2.53.